The molecule has 0 aromatic heterocycles. The van der Waals surface area contributed by atoms with Gasteiger partial charge in [0.25, 0.3) is 5.91 Å². The highest BCUT2D eigenvalue weighted by molar-refractivity contribution is 6.02. The van der Waals surface area contributed by atoms with Gasteiger partial charge in [0.1, 0.15) is 11.6 Å². The van der Waals surface area contributed by atoms with Crippen molar-refractivity contribution in [2.75, 3.05) is 13.7 Å². The summed E-state index contributed by atoms with van der Waals surface area (Å²) in [5, 5.41) is 6.20. The van der Waals surface area contributed by atoms with Gasteiger partial charge in [-0.3, -0.25) is 4.79 Å². The van der Waals surface area contributed by atoms with Crippen LogP contribution in [0, 0.1) is 11.2 Å². The summed E-state index contributed by atoms with van der Waals surface area (Å²) < 4.78 is 18.3. The van der Waals surface area contributed by atoms with Crippen molar-refractivity contribution in [1.29, 1.82) is 0 Å². The van der Waals surface area contributed by atoms with Crippen LogP contribution in [-0.4, -0.2) is 31.7 Å². The monoisotopic (exact) mass is 429 g/mol. The largest absolute Gasteiger partial charge is 0.497 e. The van der Waals surface area contributed by atoms with Gasteiger partial charge in [0.05, 0.1) is 13.3 Å². The molecule has 2 rings (SSSR count). The van der Waals surface area contributed by atoms with Gasteiger partial charge >= 0.3 is 0 Å². The Morgan fingerprint density at radius 1 is 1.16 bits per heavy atom. The Bertz CT molecular complexity index is 894. The molecule has 0 aliphatic carbocycles. The molecule has 0 fully saturated rings. The minimum Gasteiger partial charge on any atom is -0.497 e. The van der Waals surface area contributed by atoms with E-state index in [9.17, 15) is 9.18 Å². The third kappa shape index (κ3) is 8.35. The molecule has 0 heterocycles. The predicted molar refractivity (Wildman–Crippen MR) is 121 cm³/mol. The summed E-state index contributed by atoms with van der Waals surface area (Å²) in [7, 11) is 1.54. The molecule has 1 amide bonds. The van der Waals surface area contributed by atoms with Crippen LogP contribution in [0.3, 0.4) is 0 Å². The van der Waals surface area contributed by atoms with Crippen LogP contribution in [0.15, 0.2) is 53.5 Å². The van der Waals surface area contributed by atoms with Crippen molar-refractivity contribution in [2.45, 2.75) is 39.4 Å². The topological polar surface area (TPSA) is 115 Å². The lowest BCUT2D eigenvalue weighted by atomic mass is 9.97. The molecule has 0 radical (unpaired) electrons. The summed E-state index contributed by atoms with van der Waals surface area (Å²) in [6.07, 6.45) is -0.223. The summed E-state index contributed by atoms with van der Waals surface area (Å²) >= 11 is 0. The quantitative estimate of drug-likeness (QED) is 0.306. The maximum Gasteiger partial charge on any atom is 0.280 e. The number of nitrogens with one attached hydrogen (secondary N) is 2. The minimum atomic E-state index is -0.579. The van der Waals surface area contributed by atoms with Gasteiger partial charge in [-0.15, -0.1) is 0 Å². The number of halogens is 1. The van der Waals surface area contributed by atoms with Crippen molar-refractivity contribution in [3.8, 4) is 5.75 Å². The Labute approximate surface area is 183 Å². The van der Waals surface area contributed by atoms with Crippen molar-refractivity contribution >= 4 is 11.9 Å². The molecule has 8 heteroatoms. The van der Waals surface area contributed by atoms with Gasteiger partial charge in [0.15, 0.2) is 0 Å². The molecule has 2 unspecified atom stereocenters. The van der Waals surface area contributed by atoms with Crippen molar-refractivity contribution in [1.82, 2.24) is 10.6 Å². The lowest BCUT2D eigenvalue weighted by Crippen LogP contribution is -2.50. The van der Waals surface area contributed by atoms with Gasteiger partial charge in [0.2, 0.25) is 5.96 Å². The first-order valence-electron chi connectivity index (χ1n) is 10.1. The molecule has 0 spiro atoms. The van der Waals surface area contributed by atoms with Crippen molar-refractivity contribution in [2.24, 2.45) is 21.9 Å². The van der Waals surface area contributed by atoms with Crippen LogP contribution < -0.4 is 26.8 Å². The summed E-state index contributed by atoms with van der Waals surface area (Å²) in [5.41, 5.74) is 13.6. The van der Waals surface area contributed by atoms with E-state index in [4.69, 9.17) is 16.2 Å². The normalized spacial score (nSPS) is 14.0. The van der Waals surface area contributed by atoms with Crippen LogP contribution in [0.1, 0.15) is 49.2 Å². The number of amides is 1. The summed E-state index contributed by atoms with van der Waals surface area (Å²) in [6.45, 7) is 6.75. The molecular formula is C23H32FN5O2. The van der Waals surface area contributed by atoms with Crippen LogP contribution in [0.5, 0.6) is 5.75 Å². The molecule has 0 saturated carbocycles. The molecule has 6 N–H and O–H groups in total. The summed E-state index contributed by atoms with van der Waals surface area (Å²) in [5.74, 6) is 0.0785. The molecule has 7 nitrogen and oxygen atoms in total. The predicted octanol–water partition coefficient (Wildman–Crippen LogP) is 2.93. The first-order valence-corrected chi connectivity index (χ1v) is 10.1. The van der Waals surface area contributed by atoms with Gasteiger partial charge in [-0.25, -0.2) is 4.39 Å². The Hall–Kier alpha value is -2.97. The van der Waals surface area contributed by atoms with E-state index in [1.807, 2.05) is 0 Å². The Balaban J connectivity index is 2.13. The van der Waals surface area contributed by atoms with Gasteiger partial charge in [-0.2, -0.15) is 4.99 Å². The number of hydrogen-bond donors (Lipinski definition) is 4. The van der Waals surface area contributed by atoms with Gasteiger partial charge in [-0.1, -0.05) is 39.0 Å². The fraction of sp³-hybridized carbons (Fsp3) is 0.391. The van der Waals surface area contributed by atoms with Crippen molar-refractivity contribution < 1.29 is 13.9 Å². The zero-order valence-electron chi connectivity index (χ0n) is 18.5. The second-order valence-electron chi connectivity index (χ2n) is 8.56. The van der Waals surface area contributed by atoms with Crippen LogP contribution in [-0.2, 0) is 0 Å². The van der Waals surface area contributed by atoms with E-state index >= 15 is 0 Å². The van der Waals surface area contributed by atoms with Gasteiger partial charge < -0.3 is 26.8 Å². The van der Waals surface area contributed by atoms with E-state index in [1.165, 1.54) is 19.2 Å². The molecule has 2 aromatic rings. The molecule has 0 bridgehead atoms. The number of benzene rings is 2. The molecule has 0 aliphatic rings. The molecular weight excluding hydrogens is 397 g/mol. The highest BCUT2D eigenvalue weighted by atomic mass is 19.1. The Morgan fingerprint density at radius 3 is 2.45 bits per heavy atom. The third-order valence-electron chi connectivity index (χ3n) is 4.44. The van der Waals surface area contributed by atoms with E-state index in [2.05, 4.69) is 36.4 Å². The van der Waals surface area contributed by atoms with Gasteiger partial charge in [-0.05, 0) is 47.7 Å². The second-order valence-corrected chi connectivity index (χ2v) is 8.56. The zero-order chi connectivity index (χ0) is 23.0. The lowest BCUT2D eigenvalue weighted by Gasteiger charge is -2.24. The maximum absolute atomic E-state index is 13.1. The van der Waals surface area contributed by atoms with Crippen molar-refractivity contribution in [3.05, 3.63) is 65.5 Å². The highest BCUT2D eigenvalue weighted by Crippen LogP contribution is 2.16. The summed E-state index contributed by atoms with van der Waals surface area (Å²) in [4.78, 5) is 16.9. The van der Waals surface area contributed by atoms with E-state index in [-0.39, 0.29) is 17.2 Å². The Morgan fingerprint density at radius 2 is 1.84 bits per heavy atom. The molecule has 168 valence electrons. The number of nitrogens with zero attached hydrogens (tertiary/aromatic N) is 1. The SMILES string of the molecule is COc1cccc(C(=O)/N=C(/NCC(C)(C)C)NC(N)CC(N)c2ccc(F)cc2)c1. The smallest absolute Gasteiger partial charge is 0.280 e. The number of methoxy groups -OCH3 is 1. The van der Waals surface area contributed by atoms with Crippen LogP contribution >= 0.6 is 0 Å². The highest BCUT2D eigenvalue weighted by Gasteiger charge is 2.17. The molecule has 0 saturated heterocycles. The first-order chi connectivity index (χ1) is 14.6. The average Bonchev–Trinajstić information content (AvgIpc) is 2.71. The number of carbonyl (C=O) groups is 1. The fourth-order valence-electron chi connectivity index (χ4n) is 2.75. The minimum absolute atomic E-state index is 0.0456. The summed E-state index contributed by atoms with van der Waals surface area (Å²) in [6, 6.07) is 12.4. The number of ether oxygens (including phenoxy) is 1. The van der Waals surface area contributed by atoms with Crippen LogP contribution in [0.2, 0.25) is 0 Å². The van der Waals surface area contributed by atoms with Crippen LogP contribution in [0.25, 0.3) is 0 Å². The third-order valence-corrected chi connectivity index (χ3v) is 4.44. The Kier molecular flexibility index (Phi) is 8.53. The van der Waals surface area contributed by atoms with Crippen molar-refractivity contribution in [3.63, 3.8) is 0 Å². The average molecular weight is 430 g/mol. The van der Waals surface area contributed by atoms with E-state index in [0.717, 1.165) is 5.56 Å². The maximum atomic E-state index is 13.1. The number of carbonyl (C=O) groups excluding carboxylic acids is 1. The molecule has 2 atom stereocenters. The molecule has 0 aliphatic heterocycles. The molecule has 31 heavy (non-hydrogen) atoms. The number of rotatable bonds is 7. The van der Waals surface area contributed by atoms with Gasteiger partial charge in [0, 0.05) is 18.2 Å². The number of aliphatic imine (C=N–C) groups is 1. The van der Waals surface area contributed by atoms with E-state index < -0.39 is 18.1 Å². The second kappa shape index (κ2) is 10.9. The van der Waals surface area contributed by atoms with Crippen LogP contribution in [0.4, 0.5) is 4.39 Å². The van der Waals surface area contributed by atoms with E-state index in [0.29, 0.717) is 24.3 Å². The lowest BCUT2D eigenvalue weighted by molar-refractivity contribution is 0.100. The standard InChI is InChI=1S/C23H32FN5O2/c1-23(2,3)14-27-22(29-21(30)16-6-5-7-18(12-16)31-4)28-20(26)13-19(25)15-8-10-17(24)11-9-15/h5-12,19-20H,13-14,25-26H2,1-4H3,(H2,27,28,29,30). The zero-order valence-corrected chi connectivity index (χ0v) is 18.5. The number of nitrogens with two attached hydrogens (primary N) is 2. The molecule has 2 aromatic carbocycles. The first kappa shape index (κ1) is 24.3. The van der Waals surface area contributed by atoms with E-state index in [1.54, 1.807) is 36.4 Å². The number of hydrogen-bond acceptors (Lipinski definition) is 4. The number of guanidine groups is 1. The fourth-order valence-corrected chi connectivity index (χ4v) is 2.75.